The van der Waals surface area contributed by atoms with Gasteiger partial charge in [-0.3, -0.25) is 4.79 Å². The molecule has 6 rings (SSSR count). The van der Waals surface area contributed by atoms with Crippen molar-refractivity contribution < 1.29 is 9.21 Å². The van der Waals surface area contributed by atoms with Crippen molar-refractivity contribution in [2.45, 2.75) is 44.6 Å². The zero-order valence-corrected chi connectivity index (χ0v) is 16.3. The van der Waals surface area contributed by atoms with E-state index in [2.05, 4.69) is 32.0 Å². The molecule has 1 saturated heterocycles. The Morgan fingerprint density at radius 3 is 3.07 bits per heavy atom. The Hall–Kier alpha value is -3.15. The lowest BCUT2D eigenvalue weighted by atomic mass is 9.93. The van der Waals surface area contributed by atoms with Crippen molar-refractivity contribution in [2.75, 3.05) is 6.54 Å². The third-order valence-electron chi connectivity index (χ3n) is 6.54. The van der Waals surface area contributed by atoms with Gasteiger partial charge in [0.15, 0.2) is 11.5 Å². The van der Waals surface area contributed by atoms with Crippen molar-refractivity contribution in [3.05, 3.63) is 59.2 Å². The maximum absolute atomic E-state index is 13.5. The van der Waals surface area contributed by atoms with Crippen LogP contribution in [0.15, 0.2) is 41.1 Å². The number of carbonyl (C=O) groups is 1. The first-order valence-electron chi connectivity index (χ1n) is 10.3. The zero-order chi connectivity index (χ0) is 19.5. The molecule has 2 atom stereocenters. The maximum atomic E-state index is 13.5. The van der Waals surface area contributed by atoms with Crippen molar-refractivity contribution in [3.63, 3.8) is 0 Å². The van der Waals surface area contributed by atoms with Gasteiger partial charge in [0.05, 0.1) is 17.4 Å². The lowest BCUT2D eigenvalue weighted by Crippen LogP contribution is -2.42. The Morgan fingerprint density at radius 2 is 2.14 bits per heavy atom. The molecular formula is C23H22N4O2. The summed E-state index contributed by atoms with van der Waals surface area (Å²) >= 11 is 0. The van der Waals surface area contributed by atoms with Gasteiger partial charge in [0.25, 0.3) is 5.91 Å². The predicted molar refractivity (Wildman–Crippen MR) is 110 cm³/mol. The number of H-pyrrole nitrogens is 1. The number of nitrogens with one attached hydrogen (secondary N) is 1. The standard InChI is InChI=1S/C23H22N4O2/c1-13-26-20-9-15-10-21-16(17(15)11-22(20)29-13)4-2-3-7-27(21)23(28)14-5-6-18-19(8-14)25-12-24-18/h5-6,8-9,11-12,16,21H,2-4,7,10H2,1H3,(H,24,25)/t16-,21+/m1/s1. The summed E-state index contributed by atoms with van der Waals surface area (Å²) in [4.78, 5) is 27.5. The predicted octanol–water partition coefficient (Wildman–Crippen LogP) is 4.35. The number of hydrogen-bond donors (Lipinski definition) is 1. The number of fused-ring (bicyclic) bond motifs is 5. The van der Waals surface area contributed by atoms with Crippen LogP contribution in [0.4, 0.5) is 0 Å². The van der Waals surface area contributed by atoms with E-state index in [1.165, 1.54) is 11.1 Å². The fourth-order valence-corrected chi connectivity index (χ4v) is 5.22. The van der Waals surface area contributed by atoms with Crippen LogP contribution >= 0.6 is 0 Å². The molecular weight excluding hydrogens is 364 g/mol. The number of hydrogen-bond acceptors (Lipinski definition) is 4. The van der Waals surface area contributed by atoms with Crippen molar-refractivity contribution in [2.24, 2.45) is 0 Å². The Kier molecular flexibility index (Phi) is 3.57. The van der Waals surface area contributed by atoms with Gasteiger partial charge in [0, 0.05) is 31.0 Å². The van der Waals surface area contributed by atoms with E-state index < -0.39 is 0 Å². The molecule has 0 unspecified atom stereocenters. The first-order valence-corrected chi connectivity index (χ1v) is 10.3. The van der Waals surface area contributed by atoms with E-state index in [0.717, 1.165) is 59.9 Å². The van der Waals surface area contributed by atoms with E-state index in [-0.39, 0.29) is 11.9 Å². The summed E-state index contributed by atoms with van der Waals surface area (Å²) in [5, 5.41) is 0. The molecule has 0 spiro atoms. The average molecular weight is 386 g/mol. The lowest BCUT2D eigenvalue weighted by molar-refractivity contribution is 0.0676. The third-order valence-corrected chi connectivity index (χ3v) is 6.54. The number of aromatic nitrogens is 3. The van der Waals surface area contributed by atoms with Gasteiger partial charge < -0.3 is 14.3 Å². The number of aromatic amines is 1. The minimum Gasteiger partial charge on any atom is -0.441 e. The number of amides is 1. The van der Waals surface area contributed by atoms with Crippen LogP contribution in [0, 0.1) is 6.92 Å². The minimum atomic E-state index is 0.115. The highest BCUT2D eigenvalue weighted by atomic mass is 16.3. The molecule has 1 aliphatic carbocycles. The normalized spacial score (nSPS) is 21.3. The molecule has 4 aromatic rings. The van der Waals surface area contributed by atoms with Gasteiger partial charge in [-0.2, -0.15) is 0 Å². The largest absolute Gasteiger partial charge is 0.441 e. The van der Waals surface area contributed by atoms with Crippen LogP contribution in [0.3, 0.4) is 0 Å². The second-order valence-electron chi connectivity index (χ2n) is 8.26. The monoisotopic (exact) mass is 386 g/mol. The van der Waals surface area contributed by atoms with Crippen molar-refractivity contribution in [1.82, 2.24) is 19.9 Å². The van der Waals surface area contributed by atoms with Gasteiger partial charge in [-0.1, -0.05) is 6.42 Å². The van der Waals surface area contributed by atoms with Gasteiger partial charge in [-0.05, 0) is 60.7 Å². The number of rotatable bonds is 1. The van der Waals surface area contributed by atoms with Crippen LogP contribution in [-0.2, 0) is 6.42 Å². The van der Waals surface area contributed by atoms with Crippen LogP contribution < -0.4 is 0 Å². The first-order chi connectivity index (χ1) is 14.2. The topological polar surface area (TPSA) is 75.0 Å². The molecule has 29 heavy (non-hydrogen) atoms. The molecule has 6 nitrogen and oxygen atoms in total. The number of aryl methyl sites for hydroxylation is 1. The summed E-state index contributed by atoms with van der Waals surface area (Å²) in [7, 11) is 0. The van der Waals surface area contributed by atoms with Gasteiger partial charge in [-0.25, -0.2) is 9.97 Å². The van der Waals surface area contributed by atoms with E-state index in [9.17, 15) is 4.79 Å². The Labute approximate surface area is 167 Å². The number of carbonyl (C=O) groups excluding carboxylic acids is 1. The van der Waals surface area contributed by atoms with Gasteiger partial charge >= 0.3 is 0 Å². The highest BCUT2D eigenvalue weighted by Crippen LogP contribution is 2.43. The lowest BCUT2D eigenvalue weighted by Gasteiger charge is -2.31. The number of nitrogens with zero attached hydrogens (tertiary/aromatic N) is 3. The van der Waals surface area contributed by atoms with E-state index in [0.29, 0.717) is 11.8 Å². The van der Waals surface area contributed by atoms with E-state index >= 15 is 0 Å². The van der Waals surface area contributed by atoms with Crippen LogP contribution in [0.2, 0.25) is 0 Å². The molecule has 146 valence electrons. The summed E-state index contributed by atoms with van der Waals surface area (Å²) in [6, 6.07) is 10.3. The highest BCUT2D eigenvalue weighted by molar-refractivity contribution is 5.97. The van der Waals surface area contributed by atoms with Crippen LogP contribution in [0.1, 0.15) is 52.6 Å². The number of imidazole rings is 1. The molecule has 6 heteroatoms. The molecule has 2 aromatic heterocycles. The Bertz CT molecular complexity index is 1250. The number of oxazole rings is 1. The van der Waals surface area contributed by atoms with Crippen LogP contribution in [-0.4, -0.2) is 38.3 Å². The molecule has 3 heterocycles. The van der Waals surface area contributed by atoms with Gasteiger partial charge in [0.2, 0.25) is 0 Å². The SMILES string of the molecule is Cc1nc2cc3c(cc2o1)[C@H]1CCCCN(C(=O)c2ccc4nc[nH]c4c2)[C@H]1C3. The molecule has 1 amide bonds. The van der Waals surface area contributed by atoms with E-state index in [4.69, 9.17) is 4.42 Å². The van der Waals surface area contributed by atoms with E-state index in [1.54, 1.807) is 6.33 Å². The second kappa shape index (κ2) is 6.17. The molecule has 2 aliphatic rings. The summed E-state index contributed by atoms with van der Waals surface area (Å²) in [5.41, 5.74) is 6.93. The van der Waals surface area contributed by atoms with Gasteiger partial charge in [0.1, 0.15) is 5.52 Å². The average Bonchev–Trinajstić information content (AvgIpc) is 3.37. The molecule has 1 aliphatic heterocycles. The molecule has 2 aromatic carbocycles. The first kappa shape index (κ1) is 16.8. The maximum Gasteiger partial charge on any atom is 0.254 e. The highest BCUT2D eigenvalue weighted by Gasteiger charge is 2.40. The smallest absolute Gasteiger partial charge is 0.254 e. The molecule has 0 radical (unpaired) electrons. The minimum absolute atomic E-state index is 0.115. The molecule has 0 saturated carbocycles. The summed E-state index contributed by atoms with van der Waals surface area (Å²) in [6.07, 6.45) is 5.85. The zero-order valence-electron chi connectivity index (χ0n) is 16.3. The van der Waals surface area contributed by atoms with Crippen molar-refractivity contribution >= 4 is 28.0 Å². The molecule has 0 bridgehead atoms. The van der Waals surface area contributed by atoms with Gasteiger partial charge in [-0.15, -0.1) is 0 Å². The Morgan fingerprint density at radius 1 is 1.21 bits per heavy atom. The fraction of sp³-hybridized carbons (Fsp3) is 0.348. The van der Waals surface area contributed by atoms with Crippen molar-refractivity contribution in [3.8, 4) is 0 Å². The second-order valence-corrected chi connectivity index (χ2v) is 8.26. The molecule has 1 N–H and O–H groups in total. The van der Waals surface area contributed by atoms with Crippen LogP contribution in [0.25, 0.3) is 22.1 Å². The number of benzene rings is 2. The van der Waals surface area contributed by atoms with Crippen LogP contribution in [0.5, 0.6) is 0 Å². The summed E-state index contributed by atoms with van der Waals surface area (Å²) < 4.78 is 5.78. The summed E-state index contributed by atoms with van der Waals surface area (Å²) in [5.74, 6) is 1.18. The fourth-order valence-electron chi connectivity index (χ4n) is 5.22. The van der Waals surface area contributed by atoms with Crippen molar-refractivity contribution in [1.29, 1.82) is 0 Å². The third kappa shape index (κ3) is 2.58. The molecule has 1 fully saturated rings. The summed E-state index contributed by atoms with van der Waals surface area (Å²) in [6.45, 7) is 2.69. The number of likely N-dealkylation sites (tertiary alicyclic amines) is 1. The Balaban J connectivity index is 1.38. The quantitative estimate of drug-likeness (QED) is 0.528. The van der Waals surface area contributed by atoms with E-state index in [1.807, 2.05) is 25.1 Å².